The fraction of sp³-hybridized carbons (Fsp3) is 0.733. The van der Waals surface area contributed by atoms with Gasteiger partial charge in [0.2, 0.25) is 5.91 Å². The molecule has 124 valence electrons. The average molecular weight is 336 g/mol. The van der Waals surface area contributed by atoms with E-state index in [2.05, 4.69) is 14.9 Å². The van der Waals surface area contributed by atoms with Crippen molar-refractivity contribution in [1.82, 2.24) is 19.8 Å². The molecule has 23 heavy (non-hydrogen) atoms. The summed E-state index contributed by atoms with van der Waals surface area (Å²) < 4.78 is 9.65. The monoisotopic (exact) mass is 336 g/mol. The molecule has 8 heteroatoms. The van der Waals surface area contributed by atoms with Crippen LogP contribution in [0.25, 0.3) is 0 Å². The van der Waals surface area contributed by atoms with Gasteiger partial charge in [-0.05, 0) is 44.1 Å². The van der Waals surface area contributed by atoms with Crippen molar-refractivity contribution in [2.24, 2.45) is 5.41 Å². The van der Waals surface area contributed by atoms with Crippen LogP contribution >= 0.6 is 11.5 Å². The van der Waals surface area contributed by atoms with E-state index in [4.69, 9.17) is 4.74 Å². The number of fused-ring (bicyclic) bond motifs is 1. The first kappa shape index (κ1) is 15.0. The molecule has 2 atom stereocenters. The van der Waals surface area contributed by atoms with Crippen LogP contribution in [0.5, 0.6) is 0 Å². The van der Waals surface area contributed by atoms with E-state index in [0.29, 0.717) is 44.3 Å². The number of carbonyl (C=O) groups excluding carboxylic acids is 2. The predicted octanol–water partition coefficient (Wildman–Crippen LogP) is 0.746. The lowest BCUT2D eigenvalue weighted by molar-refractivity contribution is -0.138. The lowest BCUT2D eigenvalue weighted by Gasteiger charge is -2.42. The SMILES string of the molecule is Cc1snnc1C(=O)N1CC[C@H]2OCC[C@@]2(C(=O)NC2CC2)C1. The van der Waals surface area contributed by atoms with E-state index >= 15 is 0 Å². The van der Waals surface area contributed by atoms with Gasteiger partial charge in [0.1, 0.15) is 0 Å². The number of hydrogen-bond donors (Lipinski definition) is 1. The molecule has 1 saturated carbocycles. The Morgan fingerprint density at radius 2 is 2.22 bits per heavy atom. The van der Waals surface area contributed by atoms with Gasteiger partial charge >= 0.3 is 0 Å². The number of ether oxygens (including phenoxy) is 1. The molecular weight excluding hydrogens is 316 g/mol. The molecule has 1 N–H and O–H groups in total. The summed E-state index contributed by atoms with van der Waals surface area (Å²) in [6.45, 7) is 3.44. The second kappa shape index (κ2) is 5.52. The molecule has 0 spiro atoms. The van der Waals surface area contributed by atoms with E-state index in [1.807, 2.05) is 6.92 Å². The summed E-state index contributed by atoms with van der Waals surface area (Å²) in [5.74, 6) is -0.0756. The maximum atomic E-state index is 12.8. The molecule has 2 aliphatic heterocycles. The number of piperidine rings is 1. The van der Waals surface area contributed by atoms with Gasteiger partial charge in [-0.1, -0.05) is 4.49 Å². The van der Waals surface area contributed by atoms with E-state index in [0.717, 1.165) is 17.7 Å². The van der Waals surface area contributed by atoms with Gasteiger partial charge in [0.05, 0.1) is 16.4 Å². The molecule has 4 rings (SSSR count). The molecule has 0 bridgehead atoms. The summed E-state index contributed by atoms with van der Waals surface area (Å²) >= 11 is 1.23. The highest BCUT2D eigenvalue weighted by molar-refractivity contribution is 7.05. The zero-order valence-electron chi connectivity index (χ0n) is 13.1. The largest absolute Gasteiger partial charge is 0.377 e. The average Bonchev–Trinajstić information content (AvgIpc) is 3.09. The summed E-state index contributed by atoms with van der Waals surface area (Å²) in [7, 11) is 0. The van der Waals surface area contributed by atoms with Crippen LogP contribution in [0.2, 0.25) is 0 Å². The maximum absolute atomic E-state index is 12.8. The van der Waals surface area contributed by atoms with Crippen LogP contribution in [0, 0.1) is 12.3 Å². The van der Waals surface area contributed by atoms with Crippen molar-refractivity contribution in [1.29, 1.82) is 0 Å². The second-order valence-electron chi connectivity index (χ2n) is 6.71. The first-order chi connectivity index (χ1) is 11.1. The number of nitrogens with one attached hydrogen (secondary N) is 1. The Balaban J connectivity index is 1.56. The Kier molecular flexibility index (Phi) is 3.60. The van der Waals surface area contributed by atoms with E-state index in [-0.39, 0.29) is 17.9 Å². The summed E-state index contributed by atoms with van der Waals surface area (Å²) in [5.41, 5.74) is -0.196. The van der Waals surface area contributed by atoms with Gasteiger partial charge in [-0.15, -0.1) is 5.10 Å². The quantitative estimate of drug-likeness (QED) is 0.880. The van der Waals surface area contributed by atoms with Crippen LogP contribution in [0.1, 0.15) is 41.0 Å². The summed E-state index contributed by atoms with van der Waals surface area (Å²) in [6, 6.07) is 0.314. The van der Waals surface area contributed by atoms with Crippen LogP contribution in [0.4, 0.5) is 0 Å². The van der Waals surface area contributed by atoms with Crippen molar-refractivity contribution < 1.29 is 14.3 Å². The molecule has 3 aliphatic rings. The van der Waals surface area contributed by atoms with Crippen molar-refractivity contribution in [3.05, 3.63) is 10.6 Å². The molecule has 3 heterocycles. The van der Waals surface area contributed by atoms with Gasteiger partial charge < -0.3 is 15.0 Å². The minimum Gasteiger partial charge on any atom is -0.377 e. The molecule has 0 aromatic carbocycles. The van der Waals surface area contributed by atoms with Gasteiger partial charge in [-0.2, -0.15) is 0 Å². The van der Waals surface area contributed by atoms with E-state index in [1.165, 1.54) is 11.5 Å². The van der Waals surface area contributed by atoms with Crippen molar-refractivity contribution in [3.63, 3.8) is 0 Å². The molecule has 0 radical (unpaired) electrons. The number of likely N-dealkylation sites (tertiary alicyclic amines) is 1. The first-order valence-corrected chi connectivity index (χ1v) is 8.88. The fourth-order valence-corrected chi connectivity index (χ4v) is 4.04. The summed E-state index contributed by atoms with van der Waals surface area (Å²) in [5, 5.41) is 7.06. The highest BCUT2D eigenvalue weighted by Crippen LogP contribution is 2.42. The van der Waals surface area contributed by atoms with Gasteiger partial charge in [0, 0.05) is 25.7 Å². The minimum absolute atomic E-state index is 0.0492. The Morgan fingerprint density at radius 1 is 1.39 bits per heavy atom. The van der Waals surface area contributed by atoms with Crippen LogP contribution in [0.3, 0.4) is 0 Å². The van der Waals surface area contributed by atoms with Crippen LogP contribution in [0.15, 0.2) is 0 Å². The number of hydrogen-bond acceptors (Lipinski definition) is 6. The molecule has 0 unspecified atom stereocenters. The molecule has 2 amide bonds. The molecule has 1 aromatic rings. The molecule has 7 nitrogen and oxygen atoms in total. The van der Waals surface area contributed by atoms with E-state index in [1.54, 1.807) is 4.90 Å². The molecular formula is C15H20N4O3S. The number of aryl methyl sites for hydroxylation is 1. The zero-order valence-corrected chi connectivity index (χ0v) is 13.9. The zero-order chi connectivity index (χ0) is 16.0. The van der Waals surface area contributed by atoms with Crippen LogP contribution in [-0.4, -0.2) is 58.1 Å². The third-order valence-corrected chi connectivity index (χ3v) is 5.75. The Labute approximate surface area is 138 Å². The topological polar surface area (TPSA) is 84.4 Å². The lowest BCUT2D eigenvalue weighted by atomic mass is 9.75. The summed E-state index contributed by atoms with van der Waals surface area (Å²) in [4.78, 5) is 28.1. The molecule has 1 aromatic heterocycles. The third-order valence-electron chi connectivity index (χ3n) is 5.12. The number of amides is 2. The number of carbonyl (C=O) groups is 2. The lowest BCUT2D eigenvalue weighted by Crippen LogP contribution is -2.58. The Morgan fingerprint density at radius 3 is 2.91 bits per heavy atom. The van der Waals surface area contributed by atoms with Crippen LogP contribution < -0.4 is 5.32 Å². The van der Waals surface area contributed by atoms with Crippen molar-refractivity contribution >= 4 is 23.3 Å². The third kappa shape index (κ3) is 2.53. The van der Waals surface area contributed by atoms with Crippen LogP contribution in [-0.2, 0) is 9.53 Å². The highest BCUT2D eigenvalue weighted by Gasteiger charge is 2.54. The van der Waals surface area contributed by atoms with Gasteiger partial charge in [0.25, 0.3) is 5.91 Å². The van der Waals surface area contributed by atoms with E-state index < -0.39 is 5.41 Å². The highest BCUT2D eigenvalue weighted by atomic mass is 32.1. The fourth-order valence-electron chi connectivity index (χ4n) is 3.58. The molecule has 1 aliphatic carbocycles. The number of nitrogens with zero attached hydrogens (tertiary/aromatic N) is 3. The normalized spacial score (nSPS) is 30.1. The van der Waals surface area contributed by atoms with Gasteiger partial charge in [-0.3, -0.25) is 9.59 Å². The van der Waals surface area contributed by atoms with Gasteiger partial charge in [0.15, 0.2) is 5.69 Å². The smallest absolute Gasteiger partial charge is 0.275 e. The van der Waals surface area contributed by atoms with Crippen molar-refractivity contribution in [2.45, 2.75) is 44.8 Å². The maximum Gasteiger partial charge on any atom is 0.275 e. The van der Waals surface area contributed by atoms with Gasteiger partial charge in [-0.25, -0.2) is 0 Å². The molecule has 2 saturated heterocycles. The number of rotatable bonds is 3. The van der Waals surface area contributed by atoms with E-state index in [9.17, 15) is 9.59 Å². The Hall–Kier alpha value is -1.54. The Bertz CT molecular complexity index is 644. The minimum atomic E-state index is -0.603. The van der Waals surface area contributed by atoms with Crippen molar-refractivity contribution in [2.75, 3.05) is 19.7 Å². The molecule has 3 fully saturated rings. The summed E-state index contributed by atoms with van der Waals surface area (Å²) in [6.07, 6.45) is 3.40. The van der Waals surface area contributed by atoms with Crippen molar-refractivity contribution in [3.8, 4) is 0 Å². The second-order valence-corrected chi connectivity index (χ2v) is 7.66. The standard InChI is InChI=1S/C15H20N4O3S/c1-9-12(17-18-23-9)13(20)19-6-4-11-15(8-19,5-7-22-11)14(21)16-10-2-3-10/h10-11H,2-8H2,1H3,(H,16,21)/t11-,15-/m1/s1. The number of aromatic nitrogens is 2. The predicted molar refractivity (Wildman–Crippen MR) is 83.1 cm³/mol. The first-order valence-electron chi connectivity index (χ1n) is 8.11.